The molecule has 0 saturated carbocycles. The molecule has 10 heteroatoms. The normalized spacial score (nSPS) is 17.0. The van der Waals surface area contributed by atoms with Gasteiger partial charge >= 0.3 is 11.8 Å². The van der Waals surface area contributed by atoms with Crippen LogP contribution in [0, 0.1) is 19.7 Å². The van der Waals surface area contributed by atoms with E-state index in [9.17, 15) is 22.4 Å². The summed E-state index contributed by atoms with van der Waals surface area (Å²) in [5, 5.41) is 4.96. The van der Waals surface area contributed by atoms with E-state index in [4.69, 9.17) is 4.74 Å². The Morgan fingerprint density at radius 1 is 1.09 bits per heavy atom. The average Bonchev–Trinajstić information content (AvgIpc) is 2.76. The van der Waals surface area contributed by atoms with Crippen molar-refractivity contribution in [2.75, 3.05) is 19.7 Å². The fourth-order valence-corrected chi connectivity index (χ4v) is 5.13. The number of sulfonamides is 1. The smallest absolute Gasteiger partial charge is 0.309 e. The Kier molecular flexibility index (Phi) is 7.60. The molecule has 3 rings (SSSR count). The van der Waals surface area contributed by atoms with Crippen molar-refractivity contribution in [1.82, 2.24) is 14.9 Å². The Balaban J connectivity index is 1.61. The van der Waals surface area contributed by atoms with Crippen LogP contribution in [0.15, 0.2) is 47.4 Å². The number of carbonyl (C=O) groups excluding carboxylic acids is 2. The van der Waals surface area contributed by atoms with Crippen molar-refractivity contribution < 1.29 is 27.1 Å². The lowest BCUT2D eigenvalue weighted by Gasteiger charge is -2.34. The molecule has 1 aliphatic heterocycles. The first-order valence-corrected chi connectivity index (χ1v) is 11.6. The molecule has 8 nitrogen and oxygen atoms in total. The summed E-state index contributed by atoms with van der Waals surface area (Å²) in [6.45, 7) is 3.95. The number of hydrogen-bond acceptors (Lipinski definition) is 5. The van der Waals surface area contributed by atoms with Gasteiger partial charge in [-0.15, -0.1) is 0 Å². The van der Waals surface area contributed by atoms with Crippen molar-refractivity contribution in [2.45, 2.75) is 37.9 Å². The zero-order valence-electron chi connectivity index (χ0n) is 17.9. The highest BCUT2D eigenvalue weighted by Crippen LogP contribution is 2.25. The Morgan fingerprint density at radius 3 is 2.47 bits per heavy atom. The van der Waals surface area contributed by atoms with E-state index in [0.717, 1.165) is 27.6 Å². The van der Waals surface area contributed by atoms with Crippen LogP contribution in [0.1, 0.15) is 23.1 Å². The van der Waals surface area contributed by atoms with Crippen LogP contribution in [0.25, 0.3) is 0 Å². The molecule has 1 heterocycles. The highest BCUT2D eigenvalue weighted by molar-refractivity contribution is 7.89. The molecule has 0 radical (unpaired) electrons. The predicted octanol–water partition coefficient (Wildman–Crippen LogP) is 1.61. The number of nitrogens with zero attached hydrogens (tertiary/aromatic N) is 1. The molecule has 2 N–H and O–H groups in total. The van der Waals surface area contributed by atoms with E-state index in [1.165, 1.54) is 13.0 Å². The van der Waals surface area contributed by atoms with E-state index in [1.807, 2.05) is 31.2 Å². The molecule has 1 atom stereocenters. The number of aryl methyl sites for hydroxylation is 2. The summed E-state index contributed by atoms with van der Waals surface area (Å²) in [6.07, 6.45) is -0.506. The molecule has 1 saturated heterocycles. The molecular formula is C22H26FN3O5S. The van der Waals surface area contributed by atoms with Gasteiger partial charge in [0.25, 0.3) is 0 Å². The van der Waals surface area contributed by atoms with E-state index in [2.05, 4.69) is 10.6 Å². The van der Waals surface area contributed by atoms with Gasteiger partial charge in [0.2, 0.25) is 10.0 Å². The van der Waals surface area contributed by atoms with E-state index in [1.54, 1.807) is 0 Å². The Labute approximate surface area is 186 Å². The minimum Gasteiger partial charge on any atom is -0.360 e. The maximum Gasteiger partial charge on any atom is 0.309 e. The topological polar surface area (TPSA) is 105 Å². The van der Waals surface area contributed by atoms with E-state index in [0.29, 0.717) is 13.0 Å². The number of rotatable bonds is 6. The van der Waals surface area contributed by atoms with Gasteiger partial charge in [-0.3, -0.25) is 9.59 Å². The van der Waals surface area contributed by atoms with Crippen molar-refractivity contribution in [2.24, 2.45) is 0 Å². The number of benzene rings is 2. The van der Waals surface area contributed by atoms with Gasteiger partial charge in [0, 0.05) is 13.1 Å². The summed E-state index contributed by atoms with van der Waals surface area (Å²) in [5.74, 6) is -2.25. The molecule has 2 aromatic carbocycles. The Bertz CT molecular complexity index is 1090. The summed E-state index contributed by atoms with van der Waals surface area (Å²) in [5.41, 5.74) is 2.20. The van der Waals surface area contributed by atoms with Crippen LogP contribution < -0.4 is 10.6 Å². The molecule has 172 valence electrons. The van der Waals surface area contributed by atoms with Gasteiger partial charge in [-0.05, 0) is 49.6 Å². The number of hydrogen-bond donors (Lipinski definition) is 2. The lowest BCUT2D eigenvalue weighted by molar-refractivity contribution is -0.140. The van der Waals surface area contributed by atoms with Crippen LogP contribution in [-0.2, 0) is 30.9 Å². The first-order chi connectivity index (χ1) is 15.2. The third kappa shape index (κ3) is 5.70. The van der Waals surface area contributed by atoms with Crippen LogP contribution in [-0.4, -0.2) is 50.5 Å². The quantitative estimate of drug-likeness (QED) is 0.634. The minimum absolute atomic E-state index is 0.0310. The van der Waals surface area contributed by atoms with Crippen LogP contribution in [0.3, 0.4) is 0 Å². The molecule has 2 aromatic rings. The fraction of sp³-hybridized carbons (Fsp3) is 0.364. The number of nitrogens with one attached hydrogen (secondary N) is 2. The molecule has 1 unspecified atom stereocenters. The zero-order valence-corrected chi connectivity index (χ0v) is 18.7. The van der Waals surface area contributed by atoms with Gasteiger partial charge in [-0.25, -0.2) is 12.8 Å². The molecule has 0 aliphatic carbocycles. The van der Waals surface area contributed by atoms with Crippen molar-refractivity contribution in [3.05, 3.63) is 65.0 Å². The summed E-state index contributed by atoms with van der Waals surface area (Å²) >= 11 is 0. The van der Waals surface area contributed by atoms with Gasteiger partial charge in [0.15, 0.2) is 0 Å². The second-order valence-electron chi connectivity index (χ2n) is 7.58. The van der Waals surface area contributed by atoms with Gasteiger partial charge in [-0.1, -0.05) is 29.8 Å². The van der Waals surface area contributed by atoms with Gasteiger partial charge in [-0.2, -0.15) is 4.31 Å². The second kappa shape index (κ2) is 10.2. The SMILES string of the molecule is Cc1ccc(CNC(=O)C(=O)NCC2OCCCN2S(=O)(=O)c2ccc(F)cc2C)cc1. The molecule has 0 bridgehead atoms. The third-order valence-corrected chi connectivity index (χ3v) is 7.14. The van der Waals surface area contributed by atoms with E-state index >= 15 is 0 Å². The van der Waals surface area contributed by atoms with Crippen molar-refractivity contribution in [1.29, 1.82) is 0 Å². The predicted molar refractivity (Wildman–Crippen MR) is 115 cm³/mol. The minimum atomic E-state index is -3.99. The standard InChI is InChI=1S/C22H26FN3O5S/c1-15-4-6-17(7-5-15)13-24-21(27)22(28)25-14-20-26(10-3-11-31-20)32(29,30)19-9-8-18(23)12-16(19)2/h4-9,12,20H,3,10-11,13-14H2,1-2H3,(H,24,27)(H,25,28). The number of ether oxygens (including phenoxy) is 1. The van der Waals surface area contributed by atoms with E-state index < -0.39 is 33.9 Å². The lowest BCUT2D eigenvalue weighted by Crippen LogP contribution is -2.53. The monoisotopic (exact) mass is 463 g/mol. The highest BCUT2D eigenvalue weighted by atomic mass is 32.2. The Hall–Kier alpha value is -2.82. The number of halogens is 1. The molecule has 1 fully saturated rings. The van der Waals surface area contributed by atoms with Gasteiger partial charge in [0.05, 0.1) is 18.0 Å². The number of amides is 2. The van der Waals surface area contributed by atoms with Crippen molar-refractivity contribution in [3.8, 4) is 0 Å². The second-order valence-corrected chi connectivity index (χ2v) is 9.44. The summed E-state index contributed by atoms with van der Waals surface area (Å²) in [4.78, 5) is 24.3. The van der Waals surface area contributed by atoms with Crippen LogP contribution in [0.2, 0.25) is 0 Å². The maximum absolute atomic E-state index is 13.4. The van der Waals surface area contributed by atoms with Crippen molar-refractivity contribution >= 4 is 21.8 Å². The molecule has 2 amide bonds. The van der Waals surface area contributed by atoms with Gasteiger partial charge in [0.1, 0.15) is 12.0 Å². The lowest BCUT2D eigenvalue weighted by atomic mass is 10.1. The summed E-state index contributed by atoms with van der Waals surface area (Å²) < 4.78 is 46.3. The molecule has 0 spiro atoms. The van der Waals surface area contributed by atoms with Crippen LogP contribution in [0.4, 0.5) is 4.39 Å². The van der Waals surface area contributed by atoms with Crippen LogP contribution >= 0.6 is 0 Å². The number of carbonyl (C=O) groups is 2. The molecule has 1 aliphatic rings. The maximum atomic E-state index is 13.4. The fourth-order valence-electron chi connectivity index (χ4n) is 3.36. The highest BCUT2D eigenvalue weighted by Gasteiger charge is 2.35. The molecule has 0 aromatic heterocycles. The zero-order chi connectivity index (χ0) is 23.3. The first kappa shape index (κ1) is 23.8. The van der Waals surface area contributed by atoms with Crippen molar-refractivity contribution in [3.63, 3.8) is 0 Å². The first-order valence-electron chi connectivity index (χ1n) is 10.2. The van der Waals surface area contributed by atoms with Crippen LogP contribution in [0.5, 0.6) is 0 Å². The third-order valence-electron chi connectivity index (χ3n) is 5.10. The summed E-state index contributed by atoms with van der Waals surface area (Å²) in [6, 6.07) is 10.9. The largest absolute Gasteiger partial charge is 0.360 e. The average molecular weight is 464 g/mol. The molecule has 32 heavy (non-hydrogen) atoms. The Morgan fingerprint density at radius 2 is 1.78 bits per heavy atom. The summed E-state index contributed by atoms with van der Waals surface area (Å²) in [7, 11) is -3.99. The molecular weight excluding hydrogens is 437 g/mol. The van der Waals surface area contributed by atoms with E-state index in [-0.39, 0.29) is 30.1 Å². The van der Waals surface area contributed by atoms with Gasteiger partial charge < -0.3 is 15.4 Å².